The second-order valence-corrected chi connectivity index (χ2v) is 10.8. The number of benzene rings is 1. The van der Waals surface area contributed by atoms with Gasteiger partial charge in [-0.15, -0.1) is 0 Å². The molecule has 1 aromatic rings. The Hall–Kier alpha value is -1.12. The molecule has 2 nitrogen and oxygen atoms in total. The van der Waals surface area contributed by atoms with Crippen molar-refractivity contribution >= 4 is 3.81 Å². The Morgan fingerprint density at radius 1 is 1.09 bits per heavy atom. The molecule has 0 N–H and O–H groups in total. The molecule has 0 aliphatic heterocycles. The van der Waals surface area contributed by atoms with Crippen LogP contribution < -0.4 is 8.06 Å². The topological polar surface area (TPSA) is 18.5 Å². The summed E-state index contributed by atoms with van der Waals surface area (Å²) >= 11 is -1.84. The summed E-state index contributed by atoms with van der Waals surface area (Å²) in [6, 6.07) is 6.28. The molecule has 0 radical (unpaired) electrons. The summed E-state index contributed by atoms with van der Waals surface area (Å²) in [6.07, 6.45) is 7.62. The van der Waals surface area contributed by atoms with Crippen LogP contribution in [0.1, 0.15) is 46.6 Å². The van der Waals surface area contributed by atoms with E-state index in [9.17, 15) is 0 Å². The van der Waals surface area contributed by atoms with Gasteiger partial charge in [0.05, 0.1) is 0 Å². The summed E-state index contributed by atoms with van der Waals surface area (Å²) in [7, 11) is 1.71. The summed E-state index contributed by atoms with van der Waals surface area (Å²) in [5, 5.41) is 0. The van der Waals surface area contributed by atoms with E-state index in [1.165, 1.54) is 13.3 Å². The number of hydrogen-bond donors (Lipinski definition) is 0. The van der Waals surface area contributed by atoms with Gasteiger partial charge >= 0.3 is 141 Å². The molecule has 118 valence electrons. The van der Waals surface area contributed by atoms with Crippen molar-refractivity contribution in [3.05, 3.63) is 45.9 Å². The Kier molecular flexibility index (Phi) is 5.47. The molecule has 22 heavy (non-hydrogen) atoms. The normalized spacial score (nSPS) is 13.8. The van der Waals surface area contributed by atoms with Crippen molar-refractivity contribution in [2.75, 3.05) is 7.11 Å². The molecule has 0 saturated carbocycles. The molecule has 1 aliphatic carbocycles. The summed E-state index contributed by atoms with van der Waals surface area (Å²) in [5.41, 5.74) is 1.32. The molecule has 0 bridgehead atoms. The average Bonchev–Trinajstić information content (AvgIpc) is 2.97. The molecule has 0 spiro atoms. The third-order valence-corrected chi connectivity index (χ3v) is 7.31. The number of allylic oxidation sites excluding steroid dienone is 4. The van der Waals surface area contributed by atoms with Crippen LogP contribution in [0.25, 0.3) is 0 Å². The van der Waals surface area contributed by atoms with E-state index in [1.54, 1.807) is 7.11 Å². The number of rotatable bonds is 4. The predicted molar refractivity (Wildman–Crippen MR) is 90.5 cm³/mol. The van der Waals surface area contributed by atoms with Crippen molar-refractivity contribution in [1.82, 2.24) is 0 Å². The zero-order valence-corrected chi connectivity index (χ0v) is 16.0. The minimum atomic E-state index is -1.84. The van der Waals surface area contributed by atoms with E-state index in [-0.39, 0.29) is 5.41 Å². The van der Waals surface area contributed by atoms with E-state index in [0.29, 0.717) is 0 Å². The first-order valence-electron chi connectivity index (χ1n) is 7.72. The fraction of sp³-hybridized carbons (Fsp3) is 0.421. The maximum absolute atomic E-state index is 6.48. The summed E-state index contributed by atoms with van der Waals surface area (Å²) in [5.74, 6) is 1.81. The third-order valence-electron chi connectivity index (χ3n) is 3.72. The van der Waals surface area contributed by atoms with Crippen LogP contribution in [0.2, 0.25) is 0 Å². The van der Waals surface area contributed by atoms with Crippen molar-refractivity contribution in [1.29, 1.82) is 0 Å². The molecule has 0 aromatic heterocycles. The SMILES string of the molecule is COc1cc([O][Ti]([C]2=CC=CC2)=[C](C)C)cc(C(C)(C)C)c1. The molecule has 0 fully saturated rings. The Morgan fingerprint density at radius 2 is 1.77 bits per heavy atom. The Bertz CT molecular complexity index is 642. The van der Waals surface area contributed by atoms with Crippen LogP contribution in [0.4, 0.5) is 0 Å². The minimum absolute atomic E-state index is 0.0754. The molecule has 3 heteroatoms. The molecule has 0 unspecified atom stereocenters. The first-order chi connectivity index (χ1) is 10.3. The van der Waals surface area contributed by atoms with Gasteiger partial charge in [-0.1, -0.05) is 0 Å². The van der Waals surface area contributed by atoms with Crippen molar-refractivity contribution in [3.63, 3.8) is 0 Å². The Labute approximate surface area is 140 Å². The summed E-state index contributed by atoms with van der Waals surface area (Å²) < 4.78 is 14.8. The van der Waals surface area contributed by atoms with Crippen LogP contribution in [0.3, 0.4) is 0 Å². The van der Waals surface area contributed by atoms with Gasteiger partial charge in [0.15, 0.2) is 0 Å². The molecule has 0 heterocycles. The fourth-order valence-electron chi connectivity index (χ4n) is 2.40. The van der Waals surface area contributed by atoms with Crippen LogP contribution in [0, 0.1) is 0 Å². The first kappa shape index (κ1) is 17.2. The number of hydrogen-bond acceptors (Lipinski definition) is 2. The van der Waals surface area contributed by atoms with E-state index in [4.69, 9.17) is 8.06 Å². The molecule has 1 aromatic carbocycles. The van der Waals surface area contributed by atoms with Crippen molar-refractivity contribution in [2.24, 2.45) is 0 Å². The van der Waals surface area contributed by atoms with E-state index < -0.39 is 17.8 Å². The van der Waals surface area contributed by atoms with Gasteiger partial charge in [0.25, 0.3) is 0 Å². The van der Waals surface area contributed by atoms with Crippen LogP contribution in [0.15, 0.2) is 40.3 Å². The number of methoxy groups -OCH3 is 1. The van der Waals surface area contributed by atoms with Crippen molar-refractivity contribution < 1.29 is 25.9 Å². The number of ether oxygens (including phenoxy) is 1. The van der Waals surface area contributed by atoms with Crippen LogP contribution in [-0.4, -0.2) is 10.9 Å². The van der Waals surface area contributed by atoms with Gasteiger partial charge in [-0.2, -0.15) is 0 Å². The van der Waals surface area contributed by atoms with Gasteiger partial charge in [0, 0.05) is 0 Å². The van der Waals surface area contributed by atoms with Gasteiger partial charge in [0.2, 0.25) is 0 Å². The van der Waals surface area contributed by atoms with Crippen LogP contribution >= 0.6 is 0 Å². The second-order valence-electron chi connectivity index (χ2n) is 6.90. The standard InChI is InChI=1S/C11H16O2.C5H5.C3H6.Ti/c1-11(2,3)8-5-9(12)7-10(6-8)13-4;1-2-4-5-3-1;1-3-2;/h5-7,12H,1-4H3;1-3H,4H2;1-2H3;/q;;;+1/p-1. The second kappa shape index (κ2) is 6.98. The molecular weight excluding hydrogens is 308 g/mol. The van der Waals surface area contributed by atoms with Gasteiger partial charge < -0.3 is 0 Å². The Balaban J connectivity index is 2.37. The van der Waals surface area contributed by atoms with Crippen LogP contribution in [-0.2, 0) is 23.2 Å². The maximum atomic E-state index is 6.48. The third kappa shape index (κ3) is 4.21. The van der Waals surface area contributed by atoms with Gasteiger partial charge in [-0.05, 0) is 0 Å². The van der Waals surface area contributed by atoms with Gasteiger partial charge in [-0.3, -0.25) is 0 Å². The van der Waals surface area contributed by atoms with Gasteiger partial charge in [0.1, 0.15) is 0 Å². The average molecular weight is 334 g/mol. The molecule has 0 atom stereocenters. The zero-order valence-electron chi connectivity index (χ0n) is 14.5. The van der Waals surface area contributed by atoms with Crippen molar-refractivity contribution in [3.8, 4) is 11.5 Å². The molecule has 0 saturated heterocycles. The van der Waals surface area contributed by atoms with E-state index >= 15 is 0 Å². The van der Waals surface area contributed by atoms with Gasteiger partial charge in [-0.25, -0.2) is 0 Å². The van der Waals surface area contributed by atoms with E-state index in [1.807, 2.05) is 6.07 Å². The van der Waals surface area contributed by atoms with Crippen LogP contribution in [0.5, 0.6) is 11.5 Å². The van der Waals surface area contributed by atoms with E-state index in [0.717, 1.165) is 17.9 Å². The quantitative estimate of drug-likeness (QED) is 0.725. The molecular formula is C19H26O2Ti. The molecule has 2 rings (SSSR count). The summed E-state index contributed by atoms with van der Waals surface area (Å²) in [4.78, 5) is 0. The zero-order chi connectivity index (χ0) is 16.3. The first-order valence-corrected chi connectivity index (χ1v) is 9.92. The molecule has 1 aliphatic rings. The Morgan fingerprint density at radius 3 is 2.27 bits per heavy atom. The molecule has 0 amide bonds. The van der Waals surface area contributed by atoms with Crippen molar-refractivity contribution in [2.45, 2.75) is 46.5 Å². The fourth-order valence-corrected chi connectivity index (χ4v) is 5.34. The predicted octanol–water partition coefficient (Wildman–Crippen LogP) is 4.96. The summed E-state index contributed by atoms with van der Waals surface area (Å²) in [6.45, 7) is 11.0. The van der Waals surface area contributed by atoms with E-state index in [2.05, 4.69) is 65.0 Å². The monoisotopic (exact) mass is 334 g/mol.